The van der Waals surface area contributed by atoms with Crippen LogP contribution in [0.15, 0.2) is 59.4 Å². The Kier molecular flexibility index (Phi) is 4.50. The van der Waals surface area contributed by atoms with E-state index in [0.29, 0.717) is 29.6 Å². The molecule has 0 bridgehead atoms. The van der Waals surface area contributed by atoms with Gasteiger partial charge in [0, 0.05) is 38.1 Å². The molecule has 0 radical (unpaired) electrons. The lowest BCUT2D eigenvalue weighted by molar-refractivity contribution is 0.0623. The highest BCUT2D eigenvalue weighted by atomic mass is 16.2. The number of piperazine rings is 1. The van der Waals surface area contributed by atoms with Gasteiger partial charge in [0.2, 0.25) is 0 Å². The highest BCUT2D eigenvalue weighted by molar-refractivity contribution is 6.04. The van der Waals surface area contributed by atoms with Crippen LogP contribution in [0.25, 0.3) is 10.8 Å². The largest absolute Gasteiger partial charge is 0.335 e. The third-order valence-corrected chi connectivity index (χ3v) is 4.81. The van der Waals surface area contributed by atoms with Gasteiger partial charge in [0.05, 0.1) is 5.39 Å². The maximum Gasteiger partial charge on any atom is 0.275 e. The molecule has 1 aliphatic rings. The number of benzene rings is 2. The van der Waals surface area contributed by atoms with Crippen molar-refractivity contribution in [2.24, 2.45) is 0 Å². The smallest absolute Gasteiger partial charge is 0.275 e. The Morgan fingerprint density at radius 3 is 2.31 bits per heavy atom. The van der Waals surface area contributed by atoms with Crippen molar-refractivity contribution in [3.8, 4) is 0 Å². The lowest BCUT2D eigenvalue weighted by atomic mass is 10.1. The molecule has 0 unspecified atom stereocenters. The molecular weight excluding hydrogens is 328 g/mol. The molecule has 0 aliphatic carbocycles. The zero-order chi connectivity index (χ0) is 17.9. The Morgan fingerprint density at radius 2 is 1.58 bits per heavy atom. The van der Waals surface area contributed by atoms with E-state index in [1.807, 2.05) is 29.2 Å². The number of rotatable bonds is 3. The predicted molar refractivity (Wildman–Crippen MR) is 100.0 cm³/mol. The van der Waals surface area contributed by atoms with Gasteiger partial charge in [-0.2, -0.15) is 5.10 Å². The molecule has 1 amide bonds. The van der Waals surface area contributed by atoms with Gasteiger partial charge in [-0.05, 0) is 11.6 Å². The summed E-state index contributed by atoms with van der Waals surface area (Å²) in [7, 11) is 0. The van der Waals surface area contributed by atoms with Gasteiger partial charge < -0.3 is 4.90 Å². The van der Waals surface area contributed by atoms with Crippen LogP contribution < -0.4 is 5.56 Å². The maximum absolute atomic E-state index is 12.9. The third-order valence-electron chi connectivity index (χ3n) is 4.81. The normalized spacial score (nSPS) is 15.3. The van der Waals surface area contributed by atoms with Gasteiger partial charge in [-0.1, -0.05) is 48.5 Å². The second-order valence-corrected chi connectivity index (χ2v) is 6.50. The van der Waals surface area contributed by atoms with Crippen molar-refractivity contribution in [3.05, 3.63) is 76.2 Å². The van der Waals surface area contributed by atoms with E-state index in [-0.39, 0.29) is 11.5 Å². The quantitative estimate of drug-likeness (QED) is 0.785. The van der Waals surface area contributed by atoms with Gasteiger partial charge in [0.15, 0.2) is 5.69 Å². The first-order valence-electron chi connectivity index (χ1n) is 8.75. The molecule has 6 nitrogen and oxygen atoms in total. The molecule has 0 saturated carbocycles. The summed E-state index contributed by atoms with van der Waals surface area (Å²) in [5.74, 6) is -0.128. The zero-order valence-electron chi connectivity index (χ0n) is 14.4. The Bertz CT molecular complexity index is 976. The minimum Gasteiger partial charge on any atom is -0.335 e. The molecule has 2 aromatic carbocycles. The molecule has 0 spiro atoms. The van der Waals surface area contributed by atoms with Crippen molar-refractivity contribution in [1.82, 2.24) is 20.0 Å². The van der Waals surface area contributed by atoms with E-state index in [0.717, 1.165) is 19.6 Å². The van der Waals surface area contributed by atoms with Gasteiger partial charge in [-0.25, -0.2) is 5.10 Å². The number of amides is 1. The van der Waals surface area contributed by atoms with Crippen LogP contribution in [0, 0.1) is 0 Å². The van der Waals surface area contributed by atoms with E-state index in [2.05, 4.69) is 27.2 Å². The molecule has 132 valence electrons. The van der Waals surface area contributed by atoms with Crippen LogP contribution in [0.1, 0.15) is 16.1 Å². The average molecular weight is 348 g/mol. The van der Waals surface area contributed by atoms with Crippen LogP contribution in [0.3, 0.4) is 0 Å². The summed E-state index contributed by atoms with van der Waals surface area (Å²) in [6.07, 6.45) is 0. The van der Waals surface area contributed by atoms with Crippen LogP contribution in [0.4, 0.5) is 0 Å². The molecule has 1 aliphatic heterocycles. The highest BCUT2D eigenvalue weighted by Gasteiger charge is 2.24. The van der Waals surface area contributed by atoms with Crippen molar-refractivity contribution >= 4 is 16.7 Å². The topological polar surface area (TPSA) is 69.3 Å². The number of nitrogens with one attached hydrogen (secondary N) is 1. The predicted octanol–water partition coefficient (Wildman–Crippen LogP) is 1.88. The number of aromatic nitrogens is 2. The maximum atomic E-state index is 12.9. The van der Waals surface area contributed by atoms with E-state index in [1.165, 1.54) is 5.56 Å². The lowest BCUT2D eigenvalue weighted by Gasteiger charge is -2.34. The summed E-state index contributed by atoms with van der Waals surface area (Å²) in [4.78, 5) is 29.0. The Labute approximate surface area is 151 Å². The second-order valence-electron chi connectivity index (χ2n) is 6.50. The van der Waals surface area contributed by atoms with Crippen LogP contribution in [-0.4, -0.2) is 52.1 Å². The van der Waals surface area contributed by atoms with Crippen LogP contribution in [0.2, 0.25) is 0 Å². The summed E-state index contributed by atoms with van der Waals surface area (Å²) >= 11 is 0. The van der Waals surface area contributed by atoms with Crippen molar-refractivity contribution in [3.63, 3.8) is 0 Å². The van der Waals surface area contributed by atoms with E-state index in [4.69, 9.17) is 0 Å². The number of nitrogens with zero attached hydrogens (tertiary/aromatic N) is 3. The minimum absolute atomic E-state index is 0.128. The second kappa shape index (κ2) is 7.09. The molecule has 1 saturated heterocycles. The van der Waals surface area contributed by atoms with Crippen molar-refractivity contribution in [1.29, 1.82) is 0 Å². The van der Waals surface area contributed by atoms with E-state index in [1.54, 1.807) is 18.2 Å². The Balaban J connectivity index is 1.47. The average Bonchev–Trinajstić information content (AvgIpc) is 2.69. The van der Waals surface area contributed by atoms with Crippen LogP contribution in [0.5, 0.6) is 0 Å². The zero-order valence-corrected chi connectivity index (χ0v) is 14.4. The van der Waals surface area contributed by atoms with Gasteiger partial charge in [0.25, 0.3) is 11.5 Å². The van der Waals surface area contributed by atoms with Crippen molar-refractivity contribution in [2.45, 2.75) is 6.54 Å². The molecule has 1 fully saturated rings. The first kappa shape index (κ1) is 16.5. The van der Waals surface area contributed by atoms with E-state index < -0.39 is 0 Å². The van der Waals surface area contributed by atoms with Crippen molar-refractivity contribution < 1.29 is 4.79 Å². The number of hydrogen-bond acceptors (Lipinski definition) is 4. The molecule has 26 heavy (non-hydrogen) atoms. The summed E-state index contributed by atoms with van der Waals surface area (Å²) in [6.45, 7) is 3.84. The monoisotopic (exact) mass is 348 g/mol. The number of hydrogen-bond donors (Lipinski definition) is 1. The van der Waals surface area contributed by atoms with E-state index >= 15 is 0 Å². The first-order chi connectivity index (χ1) is 12.7. The van der Waals surface area contributed by atoms with Gasteiger partial charge >= 0.3 is 0 Å². The fourth-order valence-corrected chi connectivity index (χ4v) is 3.38. The summed E-state index contributed by atoms with van der Waals surface area (Å²) in [6, 6.07) is 17.4. The minimum atomic E-state index is -0.273. The SMILES string of the molecule is O=C(c1n[nH]c(=O)c2ccccc12)N1CCN(Cc2ccccc2)CC1. The fourth-order valence-electron chi connectivity index (χ4n) is 3.38. The summed E-state index contributed by atoms with van der Waals surface area (Å²) in [5.41, 5.74) is 1.32. The number of carbonyl (C=O) groups excluding carboxylic acids is 1. The van der Waals surface area contributed by atoms with Gasteiger partial charge in [-0.15, -0.1) is 0 Å². The number of aromatic amines is 1. The molecular formula is C20H20N4O2. The molecule has 1 N–H and O–H groups in total. The third kappa shape index (κ3) is 3.23. The molecule has 6 heteroatoms. The molecule has 4 rings (SSSR count). The Morgan fingerprint density at radius 1 is 0.923 bits per heavy atom. The first-order valence-corrected chi connectivity index (χ1v) is 8.75. The number of H-pyrrole nitrogens is 1. The van der Waals surface area contributed by atoms with Gasteiger partial charge in [0.1, 0.15) is 0 Å². The molecule has 1 aromatic heterocycles. The lowest BCUT2D eigenvalue weighted by Crippen LogP contribution is -2.48. The molecule has 3 aromatic rings. The van der Waals surface area contributed by atoms with E-state index in [9.17, 15) is 9.59 Å². The molecule has 2 heterocycles. The summed E-state index contributed by atoms with van der Waals surface area (Å²) in [5, 5.41) is 7.57. The van der Waals surface area contributed by atoms with Crippen molar-refractivity contribution in [2.75, 3.05) is 26.2 Å². The Hall–Kier alpha value is -2.99. The number of carbonyl (C=O) groups is 1. The van der Waals surface area contributed by atoms with Crippen LogP contribution >= 0.6 is 0 Å². The fraction of sp³-hybridized carbons (Fsp3) is 0.250. The highest BCUT2D eigenvalue weighted by Crippen LogP contribution is 2.16. The molecule has 0 atom stereocenters. The number of fused-ring (bicyclic) bond motifs is 1. The van der Waals surface area contributed by atoms with Crippen LogP contribution in [-0.2, 0) is 6.54 Å². The summed E-state index contributed by atoms with van der Waals surface area (Å²) < 4.78 is 0. The standard InChI is InChI=1S/C20H20N4O2/c25-19-17-9-5-4-8-16(17)18(21-22-19)20(26)24-12-10-23(11-13-24)14-15-6-2-1-3-7-15/h1-9H,10-14H2,(H,22,25). The van der Waals surface area contributed by atoms with Gasteiger partial charge in [-0.3, -0.25) is 14.5 Å².